The van der Waals surface area contributed by atoms with Crippen LogP contribution in [0.25, 0.3) is 41.1 Å². The van der Waals surface area contributed by atoms with Gasteiger partial charge in [0.2, 0.25) is 0 Å². The molecule has 0 spiro atoms. The Labute approximate surface area is 393 Å². The van der Waals surface area contributed by atoms with Crippen molar-refractivity contribution in [3.63, 3.8) is 0 Å². The molecule has 2 saturated heterocycles. The molecule has 6 heterocycles. The molecule has 0 N–H and O–H groups in total. The fourth-order valence-corrected chi connectivity index (χ4v) is 13.3. The van der Waals surface area contributed by atoms with Gasteiger partial charge in [-0.15, -0.1) is 45.3 Å². The van der Waals surface area contributed by atoms with Gasteiger partial charge in [0.1, 0.15) is 0 Å². The minimum absolute atomic E-state index is 0.175. The van der Waals surface area contributed by atoms with E-state index in [1.54, 1.807) is 12.1 Å². The molecule has 65 heavy (non-hydrogen) atoms. The standard InChI is InChI=1S/C51H52F6N2O2S4/c1-47(2,3)42-19-17-38(63-42)40-29-35(37(62-40)16-9-31-7-12-33(13-8-31)58-21-25-60-26-22-58)44-45(50(54,55)51(56,57)49(44,52)53)36-30-41(39-18-20-43(64-39)48(4,5)6)65-46(36)32-10-14-34(15-11-32)59-23-27-61-28-24-59/h7-8,10-15,17-20,29-30H,9,16,21-28H2,1-6H3. The molecule has 2 aliphatic heterocycles. The van der Waals surface area contributed by atoms with Crippen molar-refractivity contribution in [3.05, 3.63) is 116 Å². The van der Waals surface area contributed by atoms with Gasteiger partial charge < -0.3 is 19.3 Å². The molecular weight excluding hydrogens is 915 g/mol. The molecule has 14 heteroatoms. The number of ether oxygens (including phenoxy) is 2. The third-order valence-electron chi connectivity index (χ3n) is 12.4. The van der Waals surface area contributed by atoms with Gasteiger partial charge in [-0.1, -0.05) is 65.8 Å². The highest BCUT2D eigenvalue weighted by atomic mass is 32.1. The first-order valence-electron chi connectivity index (χ1n) is 22.0. The van der Waals surface area contributed by atoms with E-state index in [4.69, 9.17) is 9.47 Å². The van der Waals surface area contributed by atoms with Crippen LogP contribution in [-0.4, -0.2) is 70.4 Å². The zero-order valence-corrected chi connectivity index (χ0v) is 40.5. The number of hydrogen-bond acceptors (Lipinski definition) is 8. The topological polar surface area (TPSA) is 24.9 Å². The summed E-state index contributed by atoms with van der Waals surface area (Å²) in [4.78, 5) is 9.64. The van der Waals surface area contributed by atoms with Crippen LogP contribution in [0, 0.1) is 0 Å². The highest BCUT2D eigenvalue weighted by molar-refractivity contribution is 7.24. The zero-order chi connectivity index (χ0) is 46.1. The molecule has 0 saturated carbocycles. The van der Waals surface area contributed by atoms with Crippen molar-refractivity contribution < 1.29 is 35.8 Å². The Hall–Kier alpha value is -3.92. The first-order chi connectivity index (χ1) is 30.7. The van der Waals surface area contributed by atoms with Crippen LogP contribution in [-0.2, 0) is 33.1 Å². The second-order valence-electron chi connectivity index (χ2n) is 19.0. The number of halogens is 6. The molecule has 0 radical (unpaired) electrons. The molecule has 3 aliphatic rings. The number of morpholine rings is 2. The molecule has 9 rings (SSSR count). The highest BCUT2D eigenvalue weighted by Gasteiger charge is 2.80. The van der Waals surface area contributed by atoms with Crippen LogP contribution < -0.4 is 9.80 Å². The summed E-state index contributed by atoms with van der Waals surface area (Å²) in [5, 5.41) is 0. The molecule has 4 aromatic heterocycles. The average molecular weight is 967 g/mol. The Morgan fingerprint density at radius 3 is 1.43 bits per heavy atom. The van der Waals surface area contributed by atoms with Gasteiger partial charge in [-0.2, -0.15) is 26.3 Å². The van der Waals surface area contributed by atoms with Gasteiger partial charge in [-0.3, -0.25) is 0 Å². The lowest BCUT2D eigenvalue weighted by Gasteiger charge is -2.29. The predicted octanol–water partition coefficient (Wildman–Crippen LogP) is 14.8. The van der Waals surface area contributed by atoms with Crippen molar-refractivity contribution in [3.8, 4) is 29.9 Å². The summed E-state index contributed by atoms with van der Waals surface area (Å²) in [5.74, 6) is -16.2. The number of anilines is 2. The number of alkyl halides is 6. The summed E-state index contributed by atoms with van der Waals surface area (Å²) in [7, 11) is 0. The second-order valence-corrected chi connectivity index (χ2v) is 23.4. The lowest BCUT2D eigenvalue weighted by atomic mass is 9.92. The van der Waals surface area contributed by atoms with Gasteiger partial charge in [-0.25, -0.2) is 0 Å². The van der Waals surface area contributed by atoms with Gasteiger partial charge in [0, 0.05) is 93.3 Å². The van der Waals surface area contributed by atoms with E-state index in [1.165, 1.54) is 46.1 Å². The Balaban J connectivity index is 1.22. The molecule has 1 aliphatic carbocycles. The first-order valence-corrected chi connectivity index (χ1v) is 25.2. The summed E-state index contributed by atoms with van der Waals surface area (Å²) in [6.45, 7) is 17.7. The van der Waals surface area contributed by atoms with Crippen LogP contribution in [0.2, 0.25) is 0 Å². The third-order valence-corrected chi connectivity index (χ3v) is 18.2. The van der Waals surface area contributed by atoms with Crippen LogP contribution in [0.4, 0.5) is 37.7 Å². The molecule has 0 unspecified atom stereocenters. The number of rotatable bonds is 10. The average Bonchev–Trinajstić information content (AvgIpc) is 4.12. The maximum atomic E-state index is 17.0. The number of aryl methyl sites for hydroxylation is 2. The van der Waals surface area contributed by atoms with Crippen molar-refractivity contribution >= 4 is 67.9 Å². The molecule has 0 atom stereocenters. The Kier molecular flexibility index (Phi) is 12.3. The van der Waals surface area contributed by atoms with E-state index in [1.807, 2.05) is 60.7 Å². The summed E-state index contributed by atoms with van der Waals surface area (Å²) < 4.78 is 112. The molecule has 4 nitrogen and oxygen atoms in total. The Morgan fingerprint density at radius 1 is 0.508 bits per heavy atom. The SMILES string of the molecule is CC(C)(C)c1ccc(-c2cc(C3=C(c4cc(-c5ccc(C(C)(C)C)s5)sc4-c4ccc(N5CCOCC5)cc4)C(F)(F)C(F)(F)C3(F)F)c(CCc3ccc(N4CCOCC4)cc3)s2)s1. The molecule has 2 aromatic carbocycles. The zero-order valence-electron chi connectivity index (χ0n) is 37.3. The van der Waals surface area contributed by atoms with Gasteiger partial charge >= 0.3 is 17.8 Å². The van der Waals surface area contributed by atoms with Crippen LogP contribution in [0.15, 0.2) is 84.9 Å². The molecule has 2 fully saturated rings. The molecule has 344 valence electrons. The number of allylic oxidation sites excluding steroid dienone is 2. The summed E-state index contributed by atoms with van der Waals surface area (Å²) in [6.07, 6.45) is 0.556. The van der Waals surface area contributed by atoms with Gasteiger partial charge in [0.25, 0.3) is 0 Å². The van der Waals surface area contributed by atoms with Crippen LogP contribution >= 0.6 is 45.3 Å². The second kappa shape index (κ2) is 17.3. The van der Waals surface area contributed by atoms with Gasteiger partial charge in [0.15, 0.2) is 0 Å². The van der Waals surface area contributed by atoms with Gasteiger partial charge in [-0.05, 0) is 101 Å². The van der Waals surface area contributed by atoms with Crippen molar-refractivity contribution in [2.24, 2.45) is 0 Å². The Bertz CT molecular complexity index is 2680. The minimum atomic E-state index is -5.72. The normalized spacial score (nSPS) is 18.8. The lowest BCUT2D eigenvalue weighted by molar-refractivity contribution is -0.254. The van der Waals surface area contributed by atoms with Crippen LogP contribution in [0.1, 0.15) is 72.9 Å². The van der Waals surface area contributed by atoms with E-state index in [0.717, 1.165) is 60.9 Å². The molecule has 6 aromatic rings. The van der Waals surface area contributed by atoms with E-state index in [-0.39, 0.29) is 33.3 Å². The highest BCUT2D eigenvalue weighted by Crippen LogP contribution is 2.67. The van der Waals surface area contributed by atoms with Gasteiger partial charge in [0.05, 0.1) is 26.4 Å². The number of hydrogen-bond donors (Lipinski definition) is 0. The summed E-state index contributed by atoms with van der Waals surface area (Å²) in [5.41, 5.74) is -0.312. The van der Waals surface area contributed by atoms with E-state index in [0.29, 0.717) is 66.1 Å². The number of nitrogens with zero attached hydrogens (tertiary/aromatic N) is 2. The van der Waals surface area contributed by atoms with Crippen molar-refractivity contribution in [2.45, 2.75) is 83.0 Å². The fraction of sp³-hybridized carbons (Fsp3) is 0.412. The van der Waals surface area contributed by atoms with Crippen LogP contribution in [0.5, 0.6) is 0 Å². The molecule has 0 amide bonds. The first kappa shape index (κ1) is 46.2. The molecular formula is C51H52F6N2O2S4. The quantitative estimate of drug-likeness (QED) is 0.128. The van der Waals surface area contributed by atoms with E-state index in [2.05, 4.69) is 51.3 Å². The maximum Gasteiger partial charge on any atom is 0.380 e. The fourth-order valence-electron chi connectivity index (χ4n) is 8.64. The lowest BCUT2D eigenvalue weighted by Crippen LogP contribution is -2.48. The van der Waals surface area contributed by atoms with Crippen molar-refractivity contribution in [2.75, 3.05) is 62.4 Å². The Morgan fingerprint density at radius 2 is 0.954 bits per heavy atom. The number of benzene rings is 2. The van der Waals surface area contributed by atoms with E-state index >= 15 is 26.3 Å². The van der Waals surface area contributed by atoms with Crippen molar-refractivity contribution in [1.82, 2.24) is 0 Å². The smallest absolute Gasteiger partial charge is 0.378 e. The molecule has 0 bridgehead atoms. The van der Waals surface area contributed by atoms with Crippen molar-refractivity contribution in [1.29, 1.82) is 0 Å². The van der Waals surface area contributed by atoms with Crippen LogP contribution in [0.3, 0.4) is 0 Å². The third kappa shape index (κ3) is 8.65. The monoisotopic (exact) mass is 966 g/mol. The predicted molar refractivity (Wildman–Crippen MR) is 260 cm³/mol. The number of thiophene rings is 4. The van der Waals surface area contributed by atoms with E-state index in [9.17, 15) is 0 Å². The maximum absolute atomic E-state index is 17.0. The largest absolute Gasteiger partial charge is 0.380 e. The summed E-state index contributed by atoms with van der Waals surface area (Å²) >= 11 is 5.34. The minimum Gasteiger partial charge on any atom is -0.378 e. The summed E-state index contributed by atoms with van der Waals surface area (Å²) in [6, 6.07) is 25.9. The van der Waals surface area contributed by atoms with E-state index < -0.39 is 28.9 Å².